The van der Waals surface area contributed by atoms with Gasteiger partial charge in [0, 0.05) is 12.3 Å². The maximum Gasteiger partial charge on any atom is 0.225 e. The van der Waals surface area contributed by atoms with Crippen LogP contribution in [0.2, 0.25) is 0 Å². The Labute approximate surface area is 91.9 Å². The Kier molecular flexibility index (Phi) is 2.52. The number of nitrogens with one attached hydrogen (secondary N) is 1. The van der Waals surface area contributed by atoms with Crippen LogP contribution in [0.5, 0.6) is 0 Å². The SMILES string of the molecule is N#CC1C(=S)NC(=O)CC1c1ccco1. The number of thiocarbonyl (C=S) groups is 1. The molecule has 1 aromatic heterocycles. The Bertz CT molecular complexity index is 433. The summed E-state index contributed by atoms with van der Waals surface area (Å²) in [5.74, 6) is -0.262. The van der Waals surface area contributed by atoms with Crippen LogP contribution in [-0.2, 0) is 4.79 Å². The number of amides is 1. The smallest absolute Gasteiger partial charge is 0.225 e. The summed E-state index contributed by atoms with van der Waals surface area (Å²) in [4.78, 5) is 11.6. The molecule has 76 valence electrons. The van der Waals surface area contributed by atoms with Gasteiger partial charge in [0.15, 0.2) is 0 Å². The molecule has 1 aliphatic rings. The Hall–Kier alpha value is -1.67. The van der Waals surface area contributed by atoms with Crippen molar-refractivity contribution in [2.45, 2.75) is 12.3 Å². The Morgan fingerprint density at radius 1 is 1.67 bits per heavy atom. The third-order valence-corrected chi connectivity index (χ3v) is 2.76. The molecule has 0 radical (unpaired) electrons. The van der Waals surface area contributed by atoms with Crippen LogP contribution in [0.4, 0.5) is 0 Å². The summed E-state index contributed by atoms with van der Waals surface area (Å²) in [5.41, 5.74) is 0. The van der Waals surface area contributed by atoms with Crippen LogP contribution in [0.1, 0.15) is 18.1 Å². The van der Waals surface area contributed by atoms with E-state index in [0.717, 1.165) is 0 Å². The lowest BCUT2D eigenvalue weighted by molar-refractivity contribution is -0.120. The Morgan fingerprint density at radius 2 is 2.47 bits per heavy atom. The van der Waals surface area contributed by atoms with Gasteiger partial charge in [-0.05, 0) is 12.1 Å². The van der Waals surface area contributed by atoms with Gasteiger partial charge in [0.05, 0.1) is 12.3 Å². The van der Waals surface area contributed by atoms with E-state index in [1.807, 2.05) is 0 Å². The quantitative estimate of drug-likeness (QED) is 0.725. The molecule has 2 atom stereocenters. The number of carbonyl (C=O) groups is 1. The highest BCUT2D eigenvalue weighted by molar-refractivity contribution is 7.80. The van der Waals surface area contributed by atoms with Crippen molar-refractivity contribution < 1.29 is 9.21 Å². The molecule has 0 saturated carbocycles. The molecular weight excluding hydrogens is 212 g/mol. The molecule has 1 amide bonds. The van der Waals surface area contributed by atoms with E-state index in [2.05, 4.69) is 11.4 Å². The fraction of sp³-hybridized carbons (Fsp3) is 0.300. The van der Waals surface area contributed by atoms with E-state index in [1.165, 1.54) is 6.26 Å². The second kappa shape index (κ2) is 3.83. The molecule has 1 fully saturated rings. The first-order chi connectivity index (χ1) is 7.22. The summed E-state index contributed by atoms with van der Waals surface area (Å²) in [5, 5.41) is 11.5. The molecule has 5 heteroatoms. The lowest BCUT2D eigenvalue weighted by atomic mass is 9.85. The first-order valence-electron chi connectivity index (χ1n) is 4.49. The zero-order valence-corrected chi connectivity index (χ0v) is 8.58. The van der Waals surface area contributed by atoms with E-state index in [0.29, 0.717) is 5.76 Å². The summed E-state index contributed by atoms with van der Waals surface area (Å²) >= 11 is 4.96. The fourth-order valence-corrected chi connectivity index (χ4v) is 2.01. The van der Waals surface area contributed by atoms with Gasteiger partial charge < -0.3 is 9.73 Å². The largest absolute Gasteiger partial charge is 0.469 e. The molecule has 1 aromatic rings. The molecule has 1 saturated heterocycles. The van der Waals surface area contributed by atoms with Gasteiger partial charge in [-0.2, -0.15) is 5.26 Å². The zero-order chi connectivity index (χ0) is 10.8. The summed E-state index contributed by atoms with van der Waals surface area (Å²) in [6.07, 6.45) is 1.77. The van der Waals surface area contributed by atoms with Gasteiger partial charge in [0.1, 0.15) is 16.7 Å². The highest BCUT2D eigenvalue weighted by atomic mass is 32.1. The third-order valence-electron chi connectivity index (χ3n) is 2.40. The van der Waals surface area contributed by atoms with E-state index in [9.17, 15) is 4.79 Å². The first kappa shape index (κ1) is 9.87. The van der Waals surface area contributed by atoms with Gasteiger partial charge in [-0.1, -0.05) is 12.2 Å². The molecule has 0 spiro atoms. The lowest BCUT2D eigenvalue weighted by Crippen LogP contribution is -2.43. The van der Waals surface area contributed by atoms with Gasteiger partial charge in [-0.15, -0.1) is 0 Å². The average Bonchev–Trinajstić information content (AvgIpc) is 2.69. The predicted octanol–water partition coefficient (Wildman–Crippen LogP) is 1.35. The molecule has 2 rings (SSSR count). The van der Waals surface area contributed by atoms with Crippen molar-refractivity contribution in [3.05, 3.63) is 24.2 Å². The zero-order valence-electron chi connectivity index (χ0n) is 7.77. The van der Waals surface area contributed by atoms with E-state index in [4.69, 9.17) is 21.9 Å². The maximum absolute atomic E-state index is 11.3. The minimum Gasteiger partial charge on any atom is -0.469 e. The van der Waals surface area contributed by atoms with Crippen molar-refractivity contribution in [1.82, 2.24) is 5.32 Å². The molecule has 2 heterocycles. The second-order valence-corrected chi connectivity index (χ2v) is 3.79. The first-order valence-corrected chi connectivity index (χ1v) is 4.90. The highest BCUT2D eigenvalue weighted by Gasteiger charge is 2.35. The summed E-state index contributed by atoms with van der Waals surface area (Å²) < 4.78 is 5.21. The van der Waals surface area contributed by atoms with Gasteiger partial charge >= 0.3 is 0 Å². The molecule has 0 aromatic carbocycles. The van der Waals surface area contributed by atoms with Crippen molar-refractivity contribution in [2.24, 2.45) is 5.92 Å². The van der Waals surface area contributed by atoms with E-state index in [-0.39, 0.29) is 23.2 Å². The van der Waals surface area contributed by atoms with Crippen LogP contribution >= 0.6 is 12.2 Å². The molecular formula is C10H8N2O2S. The number of furan rings is 1. The number of hydrogen-bond acceptors (Lipinski definition) is 4. The number of nitriles is 1. The average molecular weight is 220 g/mol. The number of carbonyl (C=O) groups excluding carboxylic acids is 1. The van der Waals surface area contributed by atoms with Crippen LogP contribution in [0.25, 0.3) is 0 Å². The normalized spacial score (nSPS) is 25.8. The van der Waals surface area contributed by atoms with Crippen molar-refractivity contribution >= 4 is 23.1 Å². The van der Waals surface area contributed by atoms with Gasteiger partial charge in [-0.25, -0.2) is 0 Å². The van der Waals surface area contributed by atoms with Crippen LogP contribution in [0, 0.1) is 17.2 Å². The van der Waals surface area contributed by atoms with Gasteiger partial charge in [-0.3, -0.25) is 4.79 Å². The maximum atomic E-state index is 11.3. The minimum atomic E-state index is -0.483. The van der Waals surface area contributed by atoms with Crippen molar-refractivity contribution in [1.29, 1.82) is 5.26 Å². The van der Waals surface area contributed by atoms with Crippen LogP contribution < -0.4 is 5.32 Å². The standard InChI is InChI=1S/C10H8N2O2S/c11-5-7-6(8-2-1-3-14-8)4-9(13)12-10(7)15/h1-3,6-7H,4H2,(H,12,13,15). The highest BCUT2D eigenvalue weighted by Crippen LogP contribution is 2.31. The molecule has 4 nitrogen and oxygen atoms in total. The predicted molar refractivity (Wildman–Crippen MR) is 55.9 cm³/mol. The summed E-state index contributed by atoms with van der Waals surface area (Å²) in [7, 11) is 0. The van der Waals surface area contributed by atoms with Gasteiger partial charge in [0.25, 0.3) is 0 Å². The lowest BCUT2D eigenvalue weighted by Gasteiger charge is -2.25. The molecule has 1 N–H and O–H groups in total. The number of hydrogen-bond donors (Lipinski definition) is 1. The van der Waals surface area contributed by atoms with E-state index in [1.54, 1.807) is 12.1 Å². The fourth-order valence-electron chi connectivity index (χ4n) is 1.68. The van der Waals surface area contributed by atoms with Crippen molar-refractivity contribution in [2.75, 3.05) is 0 Å². The minimum absolute atomic E-state index is 0.159. The third kappa shape index (κ3) is 1.76. The van der Waals surface area contributed by atoms with Crippen molar-refractivity contribution in [3.63, 3.8) is 0 Å². The van der Waals surface area contributed by atoms with E-state index < -0.39 is 5.92 Å². The molecule has 2 unspecified atom stereocenters. The van der Waals surface area contributed by atoms with E-state index >= 15 is 0 Å². The number of piperidine rings is 1. The van der Waals surface area contributed by atoms with Crippen LogP contribution in [-0.4, -0.2) is 10.9 Å². The molecule has 0 bridgehead atoms. The second-order valence-electron chi connectivity index (χ2n) is 3.35. The number of rotatable bonds is 1. The van der Waals surface area contributed by atoms with Crippen LogP contribution in [0.3, 0.4) is 0 Å². The monoisotopic (exact) mass is 220 g/mol. The number of nitrogens with zero attached hydrogens (tertiary/aromatic N) is 1. The Morgan fingerprint density at radius 3 is 3.07 bits per heavy atom. The summed E-state index contributed by atoms with van der Waals surface area (Å²) in [6, 6.07) is 5.59. The molecule has 1 aliphatic heterocycles. The van der Waals surface area contributed by atoms with Crippen LogP contribution in [0.15, 0.2) is 22.8 Å². The molecule has 15 heavy (non-hydrogen) atoms. The molecule has 0 aliphatic carbocycles. The topological polar surface area (TPSA) is 66.0 Å². The van der Waals surface area contributed by atoms with Crippen molar-refractivity contribution in [3.8, 4) is 6.07 Å². The summed E-state index contributed by atoms with van der Waals surface area (Å²) in [6.45, 7) is 0. The Balaban J connectivity index is 2.32. The van der Waals surface area contributed by atoms with Gasteiger partial charge in [0.2, 0.25) is 5.91 Å².